The van der Waals surface area contributed by atoms with E-state index in [4.69, 9.17) is 15.9 Å². The summed E-state index contributed by atoms with van der Waals surface area (Å²) in [6.45, 7) is 1.54. The van der Waals surface area contributed by atoms with E-state index < -0.39 is 24.7 Å². The van der Waals surface area contributed by atoms with Crippen molar-refractivity contribution in [1.29, 1.82) is 0 Å². The van der Waals surface area contributed by atoms with E-state index in [2.05, 4.69) is 10.1 Å². The minimum absolute atomic E-state index is 0.145. The summed E-state index contributed by atoms with van der Waals surface area (Å²) in [4.78, 5) is 22.4. The number of ether oxygens (including phenoxy) is 1. The van der Waals surface area contributed by atoms with Crippen LogP contribution in [-0.4, -0.2) is 54.0 Å². The summed E-state index contributed by atoms with van der Waals surface area (Å²) in [5, 5.41) is 20.0. The smallest absolute Gasteiger partial charge is 0.323 e. The van der Waals surface area contributed by atoms with Crippen molar-refractivity contribution in [2.45, 2.75) is 31.9 Å². The quantitative estimate of drug-likeness (QED) is 0.373. The van der Waals surface area contributed by atoms with Crippen LogP contribution in [0, 0.1) is 0 Å². The molecule has 0 aliphatic heterocycles. The fourth-order valence-electron chi connectivity index (χ4n) is 1.03. The first kappa shape index (κ1) is 15.8. The number of nitrogens with two attached hydrogens (primary N) is 1. The molecule has 0 aromatic carbocycles. The van der Waals surface area contributed by atoms with Gasteiger partial charge in [0.15, 0.2) is 0 Å². The average molecular weight is 248 g/mol. The molecule has 7 nitrogen and oxygen atoms in total. The van der Waals surface area contributed by atoms with Crippen molar-refractivity contribution in [2.24, 2.45) is 5.73 Å². The van der Waals surface area contributed by atoms with Crippen LogP contribution in [-0.2, 0) is 14.3 Å². The number of hydrogen-bond donors (Lipinski definition) is 4. The van der Waals surface area contributed by atoms with Gasteiger partial charge in [0.2, 0.25) is 5.91 Å². The number of rotatable bonds is 8. The Bertz CT molecular complexity index is 247. The predicted octanol–water partition coefficient (Wildman–Crippen LogP) is -1.87. The lowest BCUT2D eigenvalue weighted by Crippen LogP contribution is -2.36. The van der Waals surface area contributed by atoms with Gasteiger partial charge in [-0.25, -0.2) is 0 Å². The molecular weight excluding hydrogens is 228 g/mol. The lowest BCUT2D eigenvalue weighted by molar-refractivity contribution is -0.149. The number of aliphatic hydroxyl groups is 2. The maximum Gasteiger partial charge on any atom is 0.323 e. The highest BCUT2D eigenvalue weighted by Gasteiger charge is 2.17. The molecule has 2 atom stereocenters. The number of carbonyl (C=O) groups is 2. The fraction of sp³-hybridized carbons (Fsp3) is 0.800. The number of amides is 1. The molecule has 0 aliphatic carbocycles. The second-order valence-electron chi connectivity index (χ2n) is 3.57. The summed E-state index contributed by atoms with van der Waals surface area (Å²) >= 11 is 0. The molecule has 0 saturated heterocycles. The number of aliphatic hydroxyl groups excluding tert-OH is 2. The third-order valence-corrected chi connectivity index (χ3v) is 1.99. The Morgan fingerprint density at radius 1 is 1.47 bits per heavy atom. The van der Waals surface area contributed by atoms with Crippen molar-refractivity contribution in [2.75, 3.05) is 19.8 Å². The first-order chi connectivity index (χ1) is 8.01. The maximum atomic E-state index is 11.3. The Morgan fingerprint density at radius 2 is 2.12 bits per heavy atom. The van der Waals surface area contributed by atoms with Crippen molar-refractivity contribution in [1.82, 2.24) is 5.32 Å². The fourth-order valence-corrected chi connectivity index (χ4v) is 1.03. The van der Waals surface area contributed by atoms with Gasteiger partial charge >= 0.3 is 5.97 Å². The molecule has 17 heavy (non-hydrogen) atoms. The Balaban J connectivity index is 3.78. The average Bonchev–Trinajstić information content (AvgIpc) is 2.32. The lowest BCUT2D eigenvalue weighted by Gasteiger charge is -2.13. The third-order valence-electron chi connectivity index (χ3n) is 1.99. The molecule has 0 aromatic heterocycles. The van der Waals surface area contributed by atoms with Gasteiger partial charge in [-0.1, -0.05) is 0 Å². The normalized spacial score (nSPS) is 13.9. The van der Waals surface area contributed by atoms with Crippen LogP contribution < -0.4 is 11.1 Å². The first-order valence-electron chi connectivity index (χ1n) is 5.49. The van der Waals surface area contributed by atoms with Gasteiger partial charge in [0.1, 0.15) is 18.8 Å². The van der Waals surface area contributed by atoms with Crippen LogP contribution in [0.4, 0.5) is 0 Å². The van der Waals surface area contributed by atoms with E-state index in [9.17, 15) is 9.59 Å². The Hall–Kier alpha value is -1.18. The zero-order valence-electron chi connectivity index (χ0n) is 9.89. The number of esters is 1. The van der Waals surface area contributed by atoms with Gasteiger partial charge in [-0.3, -0.25) is 9.59 Å². The molecule has 0 aromatic rings. The molecule has 0 heterocycles. The second-order valence-corrected chi connectivity index (χ2v) is 3.57. The van der Waals surface area contributed by atoms with Gasteiger partial charge in [-0.15, -0.1) is 0 Å². The van der Waals surface area contributed by atoms with Crippen LogP contribution in [0.15, 0.2) is 0 Å². The first-order valence-corrected chi connectivity index (χ1v) is 5.49. The maximum absolute atomic E-state index is 11.3. The van der Waals surface area contributed by atoms with Crippen molar-refractivity contribution in [3.63, 3.8) is 0 Å². The Morgan fingerprint density at radius 3 is 2.65 bits per heavy atom. The van der Waals surface area contributed by atoms with E-state index in [0.29, 0.717) is 6.54 Å². The van der Waals surface area contributed by atoms with Crippen LogP contribution in [0.1, 0.15) is 19.8 Å². The minimum Gasteiger partial charge on any atom is -0.462 e. The van der Waals surface area contributed by atoms with Crippen LogP contribution >= 0.6 is 0 Å². The van der Waals surface area contributed by atoms with E-state index in [1.165, 1.54) is 0 Å². The third kappa shape index (κ3) is 7.67. The lowest BCUT2D eigenvalue weighted by atomic mass is 10.1. The molecular formula is C10H20N2O5. The van der Waals surface area contributed by atoms with Gasteiger partial charge in [0, 0.05) is 13.0 Å². The van der Waals surface area contributed by atoms with Crippen LogP contribution in [0.5, 0.6) is 0 Å². The number of nitrogens with one attached hydrogen (secondary N) is 1. The van der Waals surface area contributed by atoms with Crippen LogP contribution in [0.3, 0.4) is 0 Å². The van der Waals surface area contributed by atoms with E-state index in [-0.39, 0.29) is 25.4 Å². The molecule has 5 N–H and O–H groups in total. The second kappa shape index (κ2) is 8.91. The van der Waals surface area contributed by atoms with E-state index in [1.807, 2.05) is 0 Å². The summed E-state index contributed by atoms with van der Waals surface area (Å²) in [5.74, 6) is -0.868. The molecule has 100 valence electrons. The summed E-state index contributed by atoms with van der Waals surface area (Å²) < 4.78 is 4.64. The monoisotopic (exact) mass is 248 g/mol. The van der Waals surface area contributed by atoms with Gasteiger partial charge in [0.05, 0.1) is 6.61 Å². The molecule has 1 unspecified atom stereocenters. The molecule has 0 radical (unpaired) electrons. The topological polar surface area (TPSA) is 122 Å². The van der Waals surface area contributed by atoms with Crippen molar-refractivity contribution >= 4 is 11.9 Å². The van der Waals surface area contributed by atoms with Crippen molar-refractivity contribution in [3.8, 4) is 0 Å². The minimum atomic E-state index is -1.10. The van der Waals surface area contributed by atoms with E-state index in [1.54, 1.807) is 6.92 Å². The summed E-state index contributed by atoms with van der Waals surface area (Å²) in [7, 11) is 0. The Kier molecular flexibility index (Phi) is 8.29. The highest BCUT2D eigenvalue weighted by atomic mass is 16.5. The molecule has 0 rings (SSSR count). The highest BCUT2D eigenvalue weighted by Crippen LogP contribution is 1.98. The standard InChI is InChI=1S/C10H20N2O5/c1-2-12-9(15)4-3-8(11)10(16)17-6-7(14)5-13/h7-8,13-14H,2-6,11H2,1H3,(H,12,15)/t7?,8-/m0/s1. The van der Waals surface area contributed by atoms with Crippen molar-refractivity contribution < 1.29 is 24.5 Å². The zero-order valence-corrected chi connectivity index (χ0v) is 9.89. The number of carbonyl (C=O) groups excluding carboxylic acids is 2. The Labute approximate surface area is 99.9 Å². The summed E-state index contributed by atoms with van der Waals surface area (Å²) in [6, 6.07) is -0.900. The van der Waals surface area contributed by atoms with Gasteiger partial charge in [-0.2, -0.15) is 0 Å². The molecule has 0 bridgehead atoms. The van der Waals surface area contributed by atoms with Gasteiger partial charge < -0.3 is 26.0 Å². The van der Waals surface area contributed by atoms with E-state index in [0.717, 1.165) is 0 Å². The molecule has 1 amide bonds. The van der Waals surface area contributed by atoms with E-state index >= 15 is 0 Å². The highest BCUT2D eigenvalue weighted by molar-refractivity contribution is 5.79. The molecule has 0 aliphatic rings. The van der Waals surface area contributed by atoms with Crippen LogP contribution in [0.2, 0.25) is 0 Å². The summed E-state index contributed by atoms with van der Waals surface area (Å²) in [6.07, 6.45) is -0.776. The molecule has 0 saturated carbocycles. The SMILES string of the molecule is CCNC(=O)CC[C@H](N)C(=O)OCC(O)CO. The molecule has 0 spiro atoms. The summed E-state index contributed by atoms with van der Waals surface area (Å²) in [5.41, 5.74) is 5.49. The molecule has 7 heteroatoms. The van der Waals surface area contributed by atoms with Crippen LogP contribution in [0.25, 0.3) is 0 Å². The zero-order chi connectivity index (χ0) is 13.3. The molecule has 0 fully saturated rings. The predicted molar refractivity (Wildman–Crippen MR) is 59.9 cm³/mol. The van der Waals surface area contributed by atoms with Gasteiger partial charge in [-0.05, 0) is 13.3 Å². The van der Waals surface area contributed by atoms with Crippen molar-refractivity contribution in [3.05, 3.63) is 0 Å². The number of hydrogen-bond acceptors (Lipinski definition) is 6. The van der Waals surface area contributed by atoms with Gasteiger partial charge in [0.25, 0.3) is 0 Å². The largest absolute Gasteiger partial charge is 0.462 e.